The molecule has 1 aromatic rings. The number of nitro benzene ring substituents is 1. The fourth-order valence-corrected chi connectivity index (χ4v) is 2.43. The van der Waals surface area contributed by atoms with Crippen LogP contribution in [0, 0.1) is 10.1 Å². The predicted molar refractivity (Wildman–Crippen MR) is 73.4 cm³/mol. The number of hydrogen-bond donors (Lipinski definition) is 1. The van der Waals surface area contributed by atoms with Crippen LogP contribution in [0.15, 0.2) is 18.2 Å². The number of nitrogens with one attached hydrogen (secondary N) is 1. The molecule has 0 bridgehead atoms. The molecule has 0 unspecified atom stereocenters. The van der Waals surface area contributed by atoms with Crippen LogP contribution in [-0.4, -0.2) is 23.7 Å². The molecule has 1 fully saturated rings. The second-order valence-corrected chi connectivity index (χ2v) is 5.09. The minimum absolute atomic E-state index is 0.109. The topological polar surface area (TPSA) is 64.4 Å². The second kappa shape index (κ2) is 6.32. The van der Waals surface area contributed by atoms with Gasteiger partial charge in [-0.2, -0.15) is 0 Å². The average molecular weight is 285 g/mol. The highest BCUT2D eigenvalue weighted by atomic mass is 35.5. The number of ether oxygens (including phenoxy) is 1. The van der Waals surface area contributed by atoms with E-state index < -0.39 is 0 Å². The van der Waals surface area contributed by atoms with Gasteiger partial charge >= 0.3 is 0 Å². The average Bonchev–Trinajstić information content (AvgIpc) is 2.31. The quantitative estimate of drug-likeness (QED) is 0.644. The molecular formula is C13H17ClN2O3. The third-order valence-electron chi connectivity index (χ3n) is 3.32. The van der Waals surface area contributed by atoms with Crippen molar-refractivity contribution in [1.82, 2.24) is 5.32 Å². The van der Waals surface area contributed by atoms with E-state index in [9.17, 15) is 10.1 Å². The molecule has 19 heavy (non-hydrogen) atoms. The number of rotatable bonds is 6. The highest BCUT2D eigenvalue weighted by Gasteiger charge is 2.29. The van der Waals surface area contributed by atoms with E-state index in [1.54, 1.807) is 6.07 Å². The summed E-state index contributed by atoms with van der Waals surface area (Å²) in [5, 5.41) is 14.7. The molecule has 0 amide bonds. The SMILES string of the molecule is CCOC1CC(NCc2cc(Cl)ccc2[N+](=O)[O-])C1. The van der Waals surface area contributed by atoms with E-state index in [0.29, 0.717) is 29.3 Å². The van der Waals surface area contributed by atoms with Crippen molar-refractivity contribution in [3.05, 3.63) is 38.9 Å². The Morgan fingerprint density at radius 1 is 1.53 bits per heavy atom. The molecule has 0 aliphatic heterocycles. The Bertz CT molecular complexity index is 461. The fraction of sp³-hybridized carbons (Fsp3) is 0.538. The maximum absolute atomic E-state index is 10.9. The summed E-state index contributed by atoms with van der Waals surface area (Å²) in [6.45, 7) is 3.17. The Morgan fingerprint density at radius 3 is 2.89 bits per heavy atom. The van der Waals surface area contributed by atoms with Gasteiger partial charge in [0.1, 0.15) is 0 Å². The van der Waals surface area contributed by atoms with E-state index in [4.69, 9.17) is 16.3 Å². The molecule has 104 valence electrons. The zero-order valence-electron chi connectivity index (χ0n) is 10.8. The highest BCUT2D eigenvalue weighted by molar-refractivity contribution is 6.30. The summed E-state index contributed by atoms with van der Waals surface area (Å²) in [6, 6.07) is 5.00. The second-order valence-electron chi connectivity index (χ2n) is 4.66. The van der Waals surface area contributed by atoms with Gasteiger partial charge in [0.05, 0.1) is 11.0 Å². The van der Waals surface area contributed by atoms with E-state index >= 15 is 0 Å². The summed E-state index contributed by atoms with van der Waals surface area (Å²) in [5.74, 6) is 0. The smallest absolute Gasteiger partial charge is 0.273 e. The zero-order valence-corrected chi connectivity index (χ0v) is 11.5. The summed E-state index contributed by atoms with van der Waals surface area (Å²) in [7, 11) is 0. The van der Waals surface area contributed by atoms with Gasteiger partial charge in [0.15, 0.2) is 0 Å². The lowest BCUT2D eigenvalue weighted by Gasteiger charge is -2.35. The van der Waals surface area contributed by atoms with Gasteiger partial charge in [0, 0.05) is 35.8 Å². The van der Waals surface area contributed by atoms with Gasteiger partial charge in [-0.3, -0.25) is 10.1 Å². The first-order valence-electron chi connectivity index (χ1n) is 6.38. The van der Waals surface area contributed by atoms with Crippen molar-refractivity contribution < 1.29 is 9.66 Å². The minimum atomic E-state index is -0.378. The van der Waals surface area contributed by atoms with Crippen molar-refractivity contribution in [2.24, 2.45) is 0 Å². The minimum Gasteiger partial charge on any atom is -0.378 e. The zero-order chi connectivity index (χ0) is 13.8. The largest absolute Gasteiger partial charge is 0.378 e. The van der Waals surface area contributed by atoms with E-state index in [1.165, 1.54) is 12.1 Å². The molecule has 2 rings (SSSR count). The number of nitrogens with zero attached hydrogens (tertiary/aromatic N) is 1. The maximum atomic E-state index is 10.9. The molecule has 6 heteroatoms. The van der Waals surface area contributed by atoms with E-state index in [-0.39, 0.29) is 10.6 Å². The normalized spacial score (nSPS) is 22.0. The molecule has 0 saturated heterocycles. The van der Waals surface area contributed by atoms with Crippen LogP contribution in [0.3, 0.4) is 0 Å². The third-order valence-corrected chi connectivity index (χ3v) is 3.55. The first-order valence-corrected chi connectivity index (χ1v) is 6.75. The maximum Gasteiger partial charge on any atom is 0.273 e. The van der Waals surface area contributed by atoms with Crippen LogP contribution in [0.4, 0.5) is 5.69 Å². The Balaban J connectivity index is 1.89. The molecule has 1 aliphatic rings. The fourth-order valence-electron chi connectivity index (χ4n) is 2.23. The van der Waals surface area contributed by atoms with Gasteiger partial charge in [-0.05, 0) is 31.9 Å². The predicted octanol–water partition coefficient (Wildman–Crippen LogP) is 2.91. The van der Waals surface area contributed by atoms with Crippen LogP contribution in [0.1, 0.15) is 25.3 Å². The first-order chi connectivity index (χ1) is 9.10. The van der Waals surface area contributed by atoms with E-state index in [2.05, 4.69) is 5.32 Å². The van der Waals surface area contributed by atoms with Gasteiger partial charge in [-0.15, -0.1) is 0 Å². The summed E-state index contributed by atoms with van der Waals surface area (Å²) in [5.41, 5.74) is 0.731. The van der Waals surface area contributed by atoms with Crippen LogP contribution in [0.5, 0.6) is 0 Å². The van der Waals surface area contributed by atoms with Gasteiger partial charge in [0.25, 0.3) is 5.69 Å². The molecule has 1 aliphatic carbocycles. The lowest BCUT2D eigenvalue weighted by atomic mass is 9.89. The highest BCUT2D eigenvalue weighted by Crippen LogP contribution is 2.26. The molecule has 5 nitrogen and oxygen atoms in total. The van der Waals surface area contributed by atoms with Gasteiger partial charge < -0.3 is 10.1 Å². The van der Waals surface area contributed by atoms with Gasteiger partial charge in [0.2, 0.25) is 0 Å². The molecule has 0 aromatic heterocycles. The van der Waals surface area contributed by atoms with E-state index in [0.717, 1.165) is 19.4 Å². The van der Waals surface area contributed by atoms with Gasteiger partial charge in [-0.25, -0.2) is 0 Å². The number of benzene rings is 1. The van der Waals surface area contributed by atoms with Crippen LogP contribution < -0.4 is 5.32 Å². The molecule has 1 aromatic carbocycles. The van der Waals surface area contributed by atoms with Crippen molar-refractivity contribution in [2.45, 2.75) is 38.5 Å². The Kier molecular flexibility index (Phi) is 4.74. The van der Waals surface area contributed by atoms with Crippen LogP contribution in [-0.2, 0) is 11.3 Å². The van der Waals surface area contributed by atoms with Gasteiger partial charge in [-0.1, -0.05) is 11.6 Å². The lowest BCUT2D eigenvalue weighted by molar-refractivity contribution is -0.385. The summed E-state index contributed by atoms with van der Waals surface area (Å²) >= 11 is 5.88. The van der Waals surface area contributed by atoms with Crippen LogP contribution in [0.25, 0.3) is 0 Å². The van der Waals surface area contributed by atoms with Crippen molar-refractivity contribution in [3.8, 4) is 0 Å². The van der Waals surface area contributed by atoms with Crippen molar-refractivity contribution in [3.63, 3.8) is 0 Å². The third kappa shape index (κ3) is 3.65. The van der Waals surface area contributed by atoms with Crippen molar-refractivity contribution >= 4 is 17.3 Å². The van der Waals surface area contributed by atoms with Crippen LogP contribution in [0.2, 0.25) is 5.02 Å². The Hall–Kier alpha value is -1.17. The molecule has 0 radical (unpaired) electrons. The summed E-state index contributed by atoms with van der Waals surface area (Å²) in [4.78, 5) is 10.5. The van der Waals surface area contributed by atoms with Crippen molar-refractivity contribution in [2.75, 3.05) is 6.61 Å². The molecule has 1 N–H and O–H groups in total. The molecular weight excluding hydrogens is 268 g/mol. The molecule has 0 heterocycles. The standard InChI is InChI=1S/C13H17ClN2O3/c1-2-19-12-6-11(7-12)15-8-9-5-10(14)3-4-13(9)16(17)18/h3-5,11-12,15H,2,6-8H2,1H3. The number of nitro groups is 1. The molecule has 0 spiro atoms. The van der Waals surface area contributed by atoms with Crippen LogP contribution >= 0.6 is 11.6 Å². The lowest BCUT2D eigenvalue weighted by Crippen LogP contribution is -2.45. The van der Waals surface area contributed by atoms with E-state index in [1.807, 2.05) is 6.92 Å². The molecule has 1 saturated carbocycles. The Morgan fingerprint density at radius 2 is 2.26 bits per heavy atom. The number of hydrogen-bond acceptors (Lipinski definition) is 4. The summed E-state index contributed by atoms with van der Waals surface area (Å²) in [6.07, 6.45) is 2.25. The Labute approximate surface area is 117 Å². The summed E-state index contributed by atoms with van der Waals surface area (Å²) < 4.78 is 5.47. The van der Waals surface area contributed by atoms with Crippen molar-refractivity contribution in [1.29, 1.82) is 0 Å². The first kappa shape index (κ1) is 14.2. The monoisotopic (exact) mass is 284 g/mol. The number of halogens is 1. The molecule has 0 atom stereocenters.